The standard InChI is InChI=1S/C11H9F3IN3/c12-11(13,14)10-2-1-9(3-7(10)4-16)18-6-8(15)5-17-18/h1-3,5-6H,4,16H2. The van der Waals surface area contributed by atoms with Gasteiger partial charge in [-0.05, 0) is 46.4 Å². The number of halogens is 4. The number of rotatable bonds is 2. The van der Waals surface area contributed by atoms with Gasteiger partial charge in [-0.1, -0.05) is 0 Å². The molecule has 96 valence electrons. The van der Waals surface area contributed by atoms with Crippen molar-refractivity contribution in [2.24, 2.45) is 5.73 Å². The minimum absolute atomic E-state index is 0.0607. The molecule has 2 N–H and O–H groups in total. The van der Waals surface area contributed by atoms with Crippen molar-refractivity contribution in [2.45, 2.75) is 12.7 Å². The van der Waals surface area contributed by atoms with Gasteiger partial charge in [0.05, 0.1) is 21.0 Å². The molecular weight excluding hydrogens is 358 g/mol. The molecule has 1 aromatic carbocycles. The molecule has 0 aliphatic heterocycles. The van der Waals surface area contributed by atoms with Gasteiger partial charge >= 0.3 is 6.18 Å². The average molecular weight is 367 g/mol. The summed E-state index contributed by atoms with van der Waals surface area (Å²) in [6, 6.07) is 3.82. The van der Waals surface area contributed by atoms with Gasteiger partial charge in [0, 0.05) is 12.7 Å². The Balaban J connectivity index is 2.48. The van der Waals surface area contributed by atoms with Crippen LogP contribution in [0.5, 0.6) is 0 Å². The van der Waals surface area contributed by atoms with Crippen molar-refractivity contribution >= 4 is 22.6 Å². The maximum Gasteiger partial charge on any atom is 0.416 e. The second kappa shape index (κ2) is 4.88. The highest BCUT2D eigenvalue weighted by atomic mass is 127. The Hall–Kier alpha value is -1.09. The van der Waals surface area contributed by atoms with Crippen LogP contribution in [-0.2, 0) is 12.7 Å². The van der Waals surface area contributed by atoms with Crippen LogP contribution in [0.15, 0.2) is 30.6 Å². The van der Waals surface area contributed by atoms with Crippen molar-refractivity contribution in [1.82, 2.24) is 9.78 Å². The molecule has 0 aliphatic carbocycles. The fourth-order valence-electron chi connectivity index (χ4n) is 1.61. The lowest BCUT2D eigenvalue weighted by Crippen LogP contribution is -2.12. The van der Waals surface area contributed by atoms with Gasteiger partial charge in [0.2, 0.25) is 0 Å². The molecule has 0 radical (unpaired) electrons. The molecule has 1 aromatic heterocycles. The van der Waals surface area contributed by atoms with Gasteiger partial charge in [0.1, 0.15) is 0 Å². The number of nitrogens with zero attached hydrogens (tertiary/aromatic N) is 2. The minimum Gasteiger partial charge on any atom is -0.326 e. The highest BCUT2D eigenvalue weighted by Gasteiger charge is 2.32. The summed E-state index contributed by atoms with van der Waals surface area (Å²) in [4.78, 5) is 0. The molecule has 0 spiro atoms. The van der Waals surface area contributed by atoms with E-state index in [-0.39, 0.29) is 12.1 Å². The molecule has 2 aromatic rings. The van der Waals surface area contributed by atoms with Gasteiger partial charge in [-0.25, -0.2) is 4.68 Å². The monoisotopic (exact) mass is 367 g/mol. The molecule has 0 amide bonds. The highest BCUT2D eigenvalue weighted by Crippen LogP contribution is 2.32. The number of alkyl halides is 3. The van der Waals surface area contributed by atoms with Crippen molar-refractivity contribution in [3.05, 3.63) is 45.3 Å². The number of aromatic nitrogens is 2. The van der Waals surface area contributed by atoms with Crippen LogP contribution in [0.3, 0.4) is 0 Å². The van der Waals surface area contributed by atoms with Gasteiger partial charge in [-0.2, -0.15) is 18.3 Å². The van der Waals surface area contributed by atoms with Gasteiger partial charge in [-0.3, -0.25) is 0 Å². The largest absolute Gasteiger partial charge is 0.416 e. The number of nitrogens with two attached hydrogens (primary N) is 1. The van der Waals surface area contributed by atoms with E-state index in [2.05, 4.69) is 27.7 Å². The molecular formula is C11H9F3IN3. The highest BCUT2D eigenvalue weighted by molar-refractivity contribution is 14.1. The SMILES string of the molecule is NCc1cc(-n2cc(I)cn2)ccc1C(F)(F)F. The predicted octanol–water partition coefficient (Wildman–Crippen LogP) is 2.95. The second-order valence-electron chi connectivity index (χ2n) is 3.65. The first-order chi connectivity index (χ1) is 8.41. The van der Waals surface area contributed by atoms with Crippen LogP contribution in [0.1, 0.15) is 11.1 Å². The molecule has 2 rings (SSSR count). The van der Waals surface area contributed by atoms with Crippen LogP contribution < -0.4 is 5.73 Å². The van der Waals surface area contributed by atoms with E-state index >= 15 is 0 Å². The lowest BCUT2D eigenvalue weighted by atomic mass is 10.1. The summed E-state index contributed by atoms with van der Waals surface area (Å²) in [7, 11) is 0. The number of hydrogen-bond acceptors (Lipinski definition) is 2. The van der Waals surface area contributed by atoms with Gasteiger partial charge in [-0.15, -0.1) is 0 Å². The van der Waals surface area contributed by atoms with Gasteiger partial charge in [0.25, 0.3) is 0 Å². The zero-order valence-corrected chi connectivity index (χ0v) is 11.2. The number of benzene rings is 1. The van der Waals surface area contributed by atoms with E-state index in [0.717, 1.165) is 9.64 Å². The normalized spacial score (nSPS) is 11.8. The van der Waals surface area contributed by atoms with Gasteiger partial charge in [0.15, 0.2) is 0 Å². The zero-order valence-electron chi connectivity index (χ0n) is 9.08. The van der Waals surface area contributed by atoms with E-state index in [1.807, 2.05) is 0 Å². The van der Waals surface area contributed by atoms with Crippen LogP contribution in [0.25, 0.3) is 5.69 Å². The van der Waals surface area contributed by atoms with Crippen LogP contribution >= 0.6 is 22.6 Å². The summed E-state index contributed by atoms with van der Waals surface area (Å²) in [5, 5.41) is 4.04. The summed E-state index contributed by atoms with van der Waals surface area (Å²) >= 11 is 2.08. The fraction of sp³-hybridized carbons (Fsp3) is 0.182. The Morgan fingerprint density at radius 1 is 1.33 bits per heavy atom. The quantitative estimate of drug-likeness (QED) is 0.830. The molecule has 0 bridgehead atoms. The van der Waals surface area contributed by atoms with E-state index in [4.69, 9.17) is 5.73 Å². The smallest absolute Gasteiger partial charge is 0.326 e. The lowest BCUT2D eigenvalue weighted by molar-refractivity contribution is -0.138. The third-order valence-corrected chi connectivity index (χ3v) is 2.99. The van der Waals surface area contributed by atoms with E-state index < -0.39 is 11.7 Å². The molecule has 18 heavy (non-hydrogen) atoms. The first kappa shape index (κ1) is 13.3. The van der Waals surface area contributed by atoms with Crippen LogP contribution in [0, 0.1) is 3.57 Å². The topological polar surface area (TPSA) is 43.8 Å². The van der Waals surface area contributed by atoms with E-state index in [9.17, 15) is 13.2 Å². The maximum absolute atomic E-state index is 12.7. The Morgan fingerprint density at radius 2 is 2.06 bits per heavy atom. The third-order valence-electron chi connectivity index (χ3n) is 2.43. The molecule has 0 fully saturated rings. The van der Waals surface area contributed by atoms with Crippen molar-refractivity contribution in [1.29, 1.82) is 0 Å². The van der Waals surface area contributed by atoms with Crippen LogP contribution in [0.2, 0.25) is 0 Å². The van der Waals surface area contributed by atoms with E-state index in [1.165, 1.54) is 16.8 Å². The van der Waals surface area contributed by atoms with E-state index in [0.29, 0.717) is 5.69 Å². The fourth-order valence-corrected chi connectivity index (χ4v) is 2.00. The molecule has 3 nitrogen and oxygen atoms in total. The van der Waals surface area contributed by atoms with Gasteiger partial charge < -0.3 is 5.73 Å². The minimum atomic E-state index is -4.38. The zero-order chi connectivity index (χ0) is 13.3. The number of hydrogen-bond donors (Lipinski definition) is 1. The van der Waals surface area contributed by atoms with Crippen LogP contribution in [0.4, 0.5) is 13.2 Å². The van der Waals surface area contributed by atoms with Crippen molar-refractivity contribution in [2.75, 3.05) is 0 Å². The Morgan fingerprint density at radius 3 is 2.56 bits per heavy atom. The average Bonchev–Trinajstić information content (AvgIpc) is 2.74. The Labute approximate surface area is 115 Å². The summed E-state index contributed by atoms with van der Waals surface area (Å²) in [6.07, 6.45) is -1.03. The molecule has 0 aliphatic rings. The predicted molar refractivity (Wildman–Crippen MR) is 69.2 cm³/mol. The lowest BCUT2D eigenvalue weighted by Gasteiger charge is -2.13. The first-order valence-corrected chi connectivity index (χ1v) is 6.10. The van der Waals surface area contributed by atoms with Crippen molar-refractivity contribution in [3.63, 3.8) is 0 Å². The molecule has 0 unspecified atom stereocenters. The third kappa shape index (κ3) is 2.66. The summed E-state index contributed by atoms with van der Waals surface area (Å²) in [6.45, 7) is -0.166. The van der Waals surface area contributed by atoms with Crippen molar-refractivity contribution in [3.8, 4) is 5.69 Å². The maximum atomic E-state index is 12.7. The second-order valence-corrected chi connectivity index (χ2v) is 4.89. The van der Waals surface area contributed by atoms with Crippen LogP contribution in [-0.4, -0.2) is 9.78 Å². The first-order valence-electron chi connectivity index (χ1n) is 5.02. The Bertz CT molecular complexity index is 563. The molecule has 0 atom stereocenters. The summed E-state index contributed by atoms with van der Waals surface area (Å²) < 4.78 is 40.5. The molecule has 0 saturated carbocycles. The Kier molecular flexibility index (Phi) is 3.62. The molecule has 7 heteroatoms. The molecule has 1 heterocycles. The van der Waals surface area contributed by atoms with E-state index in [1.54, 1.807) is 12.4 Å². The summed E-state index contributed by atoms with van der Waals surface area (Å²) in [5.74, 6) is 0. The summed E-state index contributed by atoms with van der Waals surface area (Å²) in [5.41, 5.74) is 5.29. The van der Waals surface area contributed by atoms with Crippen molar-refractivity contribution < 1.29 is 13.2 Å². The molecule has 0 saturated heterocycles.